The van der Waals surface area contributed by atoms with Gasteiger partial charge in [0.05, 0.1) is 13.2 Å². The van der Waals surface area contributed by atoms with Gasteiger partial charge in [-0.05, 0) is 18.2 Å². The van der Waals surface area contributed by atoms with E-state index in [9.17, 15) is 4.39 Å². The Hall–Kier alpha value is -2.07. The summed E-state index contributed by atoms with van der Waals surface area (Å²) in [6.07, 6.45) is 0. The van der Waals surface area contributed by atoms with Gasteiger partial charge in [-0.1, -0.05) is 24.3 Å². The fourth-order valence-corrected chi connectivity index (χ4v) is 1.94. The van der Waals surface area contributed by atoms with E-state index in [1.54, 1.807) is 25.3 Å². The second-order valence-corrected chi connectivity index (χ2v) is 4.19. The molecule has 0 aliphatic carbocycles. The molecule has 3 nitrogen and oxygen atoms in total. The number of methoxy groups -OCH3 is 1. The van der Waals surface area contributed by atoms with E-state index in [0.717, 1.165) is 11.4 Å². The van der Waals surface area contributed by atoms with Crippen LogP contribution in [0.15, 0.2) is 48.5 Å². The number of ether oxygens (including phenoxy) is 1. The highest BCUT2D eigenvalue weighted by atomic mass is 19.1. The number of nitrogens with one attached hydrogen (secondary N) is 1. The summed E-state index contributed by atoms with van der Waals surface area (Å²) in [5.41, 5.74) is 7.14. The molecule has 0 saturated carbocycles. The highest BCUT2D eigenvalue weighted by molar-refractivity contribution is 5.50. The first-order chi connectivity index (χ1) is 9.24. The zero-order valence-corrected chi connectivity index (χ0v) is 10.8. The number of halogens is 1. The van der Waals surface area contributed by atoms with Gasteiger partial charge in [0.15, 0.2) is 0 Å². The van der Waals surface area contributed by atoms with Crippen molar-refractivity contribution < 1.29 is 9.13 Å². The summed E-state index contributed by atoms with van der Waals surface area (Å²) in [5.74, 6) is 0.489. The molecule has 2 rings (SSSR count). The molecule has 0 aliphatic heterocycles. The van der Waals surface area contributed by atoms with Gasteiger partial charge in [0.1, 0.15) is 11.6 Å². The molecule has 0 bridgehead atoms. The van der Waals surface area contributed by atoms with Gasteiger partial charge in [-0.3, -0.25) is 0 Å². The average Bonchev–Trinajstić information content (AvgIpc) is 2.46. The van der Waals surface area contributed by atoms with Crippen LogP contribution in [0.3, 0.4) is 0 Å². The minimum atomic E-state index is -0.270. The van der Waals surface area contributed by atoms with Crippen molar-refractivity contribution in [2.24, 2.45) is 5.73 Å². The van der Waals surface area contributed by atoms with Crippen molar-refractivity contribution in [2.45, 2.75) is 6.04 Å². The molecular weight excluding hydrogens is 243 g/mol. The van der Waals surface area contributed by atoms with E-state index in [1.807, 2.05) is 24.3 Å². The van der Waals surface area contributed by atoms with Crippen LogP contribution >= 0.6 is 0 Å². The van der Waals surface area contributed by atoms with Crippen LogP contribution in [0, 0.1) is 5.82 Å². The molecule has 0 radical (unpaired) electrons. The molecule has 0 saturated heterocycles. The van der Waals surface area contributed by atoms with Crippen LogP contribution in [0.4, 0.5) is 10.1 Å². The summed E-state index contributed by atoms with van der Waals surface area (Å²) >= 11 is 0. The van der Waals surface area contributed by atoms with Crippen molar-refractivity contribution in [1.82, 2.24) is 0 Å². The maximum absolute atomic E-state index is 13.8. The smallest absolute Gasteiger partial charge is 0.128 e. The van der Waals surface area contributed by atoms with Gasteiger partial charge in [-0.15, -0.1) is 0 Å². The quantitative estimate of drug-likeness (QED) is 0.869. The molecular formula is C15H17FN2O. The van der Waals surface area contributed by atoms with Gasteiger partial charge >= 0.3 is 0 Å². The number of anilines is 1. The lowest BCUT2D eigenvalue weighted by molar-refractivity contribution is 0.415. The van der Waals surface area contributed by atoms with Crippen LogP contribution in [0.5, 0.6) is 5.75 Å². The summed E-state index contributed by atoms with van der Waals surface area (Å²) in [4.78, 5) is 0. The molecule has 0 heterocycles. The minimum absolute atomic E-state index is 0.256. The summed E-state index contributed by atoms with van der Waals surface area (Å²) < 4.78 is 18.9. The lowest BCUT2D eigenvalue weighted by atomic mass is 10.1. The fraction of sp³-hybridized carbons (Fsp3) is 0.200. The molecule has 1 unspecified atom stereocenters. The molecule has 100 valence electrons. The Kier molecular flexibility index (Phi) is 4.36. The molecule has 19 heavy (non-hydrogen) atoms. The van der Waals surface area contributed by atoms with E-state index in [0.29, 0.717) is 12.1 Å². The van der Waals surface area contributed by atoms with Crippen LogP contribution in [0.2, 0.25) is 0 Å². The fourth-order valence-electron chi connectivity index (χ4n) is 1.94. The second-order valence-electron chi connectivity index (χ2n) is 4.19. The maximum atomic E-state index is 13.8. The molecule has 0 aromatic heterocycles. The van der Waals surface area contributed by atoms with Crippen molar-refractivity contribution in [3.63, 3.8) is 0 Å². The Bertz CT molecular complexity index is 545. The first kappa shape index (κ1) is 13.4. The third-order valence-electron chi connectivity index (χ3n) is 2.93. The van der Waals surface area contributed by atoms with Crippen molar-refractivity contribution in [1.29, 1.82) is 0 Å². The monoisotopic (exact) mass is 260 g/mol. The Morgan fingerprint density at radius 2 is 2.00 bits per heavy atom. The van der Waals surface area contributed by atoms with Crippen LogP contribution in [0.1, 0.15) is 11.6 Å². The predicted molar refractivity (Wildman–Crippen MR) is 74.8 cm³/mol. The van der Waals surface area contributed by atoms with Gasteiger partial charge in [0.25, 0.3) is 0 Å². The molecule has 3 N–H and O–H groups in total. The number of hydrogen-bond donors (Lipinski definition) is 2. The molecule has 2 aromatic carbocycles. The Morgan fingerprint density at radius 1 is 1.21 bits per heavy atom. The standard InChI is InChI=1S/C15H17FN2O/c1-19-12-6-4-5-11(9-12)18-15(10-17)13-7-2-3-8-14(13)16/h2-9,15,18H,10,17H2,1H3. The van der Waals surface area contributed by atoms with Gasteiger partial charge in [0.2, 0.25) is 0 Å². The van der Waals surface area contributed by atoms with Gasteiger partial charge < -0.3 is 15.8 Å². The Morgan fingerprint density at radius 3 is 2.68 bits per heavy atom. The number of benzene rings is 2. The molecule has 1 atom stereocenters. The lowest BCUT2D eigenvalue weighted by Crippen LogP contribution is -2.21. The van der Waals surface area contributed by atoms with Crippen LogP contribution < -0.4 is 15.8 Å². The Labute approximate surface area is 112 Å². The highest BCUT2D eigenvalue weighted by Gasteiger charge is 2.13. The Balaban J connectivity index is 2.21. The van der Waals surface area contributed by atoms with E-state index in [-0.39, 0.29) is 11.9 Å². The van der Waals surface area contributed by atoms with E-state index in [1.165, 1.54) is 6.07 Å². The number of nitrogens with two attached hydrogens (primary N) is 1. The second kappa shape index (κ2) is 6.20. The summed E-state index contributed by atoms with van der Waals surface area (Å²) in [5, 5.41) is 3.22. The predicted octanol–water partition coefficient (Wildman–Crippen LogP) is 2.95. The first-order valence-electron chi connectivity index (χ1n) is 6.09. The number of rotatable bonds is 5. The SMILES string of the molecule is COc1cccc(NC(CN)c2ccccc2F)c1. The maximum Gasteiger partial charge on any atom is 0.128 e. The van der Waals surface area contributed by atoms with Crippen molar-refractivity contribution in [2.75, 3.05) is 19.0 Å². The van der Waals surface area contributed by atoms with Crippen LogP contribution in [-0.4, -0.2) is 13.7 Å². The van der Waals surface area contributed by atoms with Crippen LogP contribution in [0.25, 0.3) is 0 Å². The largest absolute Gasteiger partial charge is 0.497 e. The van der Waals surface area contributed by atoms with E-state index >= 15 is 0 Å². The highest BCUT2D eigenvalue weighted by Crippen LogP contribution is 2.23. The van der Waals surface area contributed by atoms with Gasteiger partial charge in [-0.25, -0.2) is 4.39 Å². The van der Waals surface area contributed by atoms with Crippen molar-refractivity contribution in [3.8, 4) is 5.75 Å². The normalized spacial score (nSPS) is 11.9. The number of hydrogen-bond acceptors (Lipinski definition) is 3. The molecule has 0 fully saturated rings. The van der Waals surface area contributed by atoms with E-state index in [2.05, 4.69) is 5.32 Å². The first-order valence-corrected chi connectivity index (χ1v) is 6.09. The van der Waals surface area contributed by atoms with Crippen LogP contribution in [-0.2, 0) is 0 Å². The van der Waals surface area contributed by atoms with E-state index in [4.69, 9.17) is 10.5 Å². The molecule has 2 aromatic rings. The van der Waals surface area contributed by atoms with Gasteiger partial charge in [0, 0.05) is 23.9 Å². The van der Waals surface area contributed by atoms with Crippen molar-refractivity contribution >= 4 is 5.69 Å². The third kappa shape index (κ3) is 3.23. The molecule has 0 aliphatic rings. The minimum Gasteiger partial charge on any atom is -0.497 e. The van der Waals surface area contributed by atoms with Gasteiger partial charge in [-0.2, -0.15) is 0 Å². The molecule has 0 amide bonds. The van der Waals surface area contributed by atoms with Crippen molar-refractivity contribution in [3.05, 3.63) is 59.9 Å². The summed E-state index contributed by atoms with van der Waals surface area (Å²) in [6.45, 7) is 0.304. The molecule has 0 spiro atoms. The summed E-state index contributed by atoms with van der Waals surface area (Å²) in [6, 6.07) is 13.8. The third-order valence-corrected chi connectivity index (χ3v) is 2.93. The zero-order chi connectivity index (χ0) is 13.7. The van der Waals surface area contributed by atoms with E-state index < -0.39 is 0 Å². The molecule has 4 heteroatoms. The summed E-state index contributed by atoms with van der Waals surface area (Å²) in [7, 11) is 1.61. The topological polar surface area (TPSA) is 47.3 Å². The average molecular weight is 260 g/mol. The lowest BCUT2D eigenvalue weighted by Gasteiger charge is -2.19. The zero-order valence-electron chi connectivity index (χ0n) is 10.8.